The summed E-state index contributed by atoms with van der Waals surface area (Å²) >= 11 is 3.56. The van der Waals surface area contributed by atoms with E-state index in [0.717, 1.165) is 27.6 Å². The zero-order valence-electron chi connectivity index (χ0n) is 12.6. The summed E-state index contributed by atoms with van der Waals surface area (Å²) in [5, 5.41) is 13.1. The maximum absolute atomic E-state index is 9.69. The highest BCUT2D eigenvalue weighted by Crippen LogP contribution is 2.22. The van der Waals surface area contributed by atoms with Crippen molar-refractivity contribution in [2.24, 2.45) is 5.92 Å². The molecule has 0 saturated heterocycles. The summed E-state index contributed by atoms with van der Waals surface area (Å²) in [7, 11) is 0. The van der Waals surface area contributed by atoms with Crippen molar-refractivity contribution in [1.29, 1.82) is 0 Å². The molecule has 0 aliphatic carbocycles. The largest absolute Gasteiger partial charge is 0.396 e. The van der Waals surface area contributed by atoms with Gasteiger partial charge < -0.3 is 10.4 Å². The molecule has 0 bridgehead atoms. The molecular formula is C18H18BrN3O. The lowest BCUT2D eigenvalue weighted by Gasteiger charge is -2.17. The summed E-state index contributed by atoms with van der Waals surface area (Å²) < 4.78 is 1.08. The number of aliphatic hydroxyl groups excluding tert-OH is 1. The Morgan fingerprint density at radius 3 is 2.74 bits per heavy atom. The van der Waals surface area contributed by atoms with Crippen molar-refractivity contribution in [1.82, 2.24) is 9.97 Å². The van der Waals surface area contributed by atoms with E-state index in [4.69, 9.17) is 0 Å². The summed E-state index contributed by atoms with van der Waals surface area (Å²) in [6.45, 7) is 0.804. The molecule has 0 radical (unpaired) electrons. The monoisotopic (exact) mass is 371 g/mol. The van der Waals surface area contributed by atoms with Crippen molar-refractivity contribution >= 4 is 32.7 Å². The lowest BCUT2D eigenvalue weighted by atomic mass is 10.00. The predicted molar refractivity (Wildman–Crippen MR) is 96.4 cm³/mol. The zero-order chi connectivity index (χ0) is 16.1. The minimum Gasteiger partial charge on any atom is -0.396 e. The van der Waals surface area contributed by atoms with E-state index in [1.54, 1.807) is 12.4 Å². The Bertz CT molecular complexity index is 789. The lowest BCUT2D eigenvalue weighted by Crippen LogP contribution is -2.20. The van der Waals surface area contributed by atoms with Gasteiger partial charge in [-0.05, 0) is 36.2 Å². The van der Waals surface area contributed by atoms with Gasteiger partial charge in [0.1, 0.15) is 5.52 Å². The molecule has 118 valence electrons. The number of nitrogens with zero attached hydrogens (tertiary/aromatic N) is 2. The van der Waals surface area contributed by atoms with Gasteiger partial charge in [-0.25, -0.2) is 0 Å². The number of nitrogens with one attached hydrogen (secondary N) is 1. The molecule has 0 fully saturated rings. The first-order chi connectivity index (χ1) is 11.3. The van der Waals surface area contributed by atoms with Crippen molar-refractivity contribution in [2.75, 3.05) is 18.5 Å². The fourth-order valence-electron chi connectivity index (χ4n) is 2.55. The van der Waals surface area contributed by atoms with Crippen LogP contribution in [0.1, 0.15) is 5.56 Å². The molecule has 0 aliphatic heterocycles. The summed E-state index contributed by atoms with van der Waals surface area (Å²) in [4.78, 5) is 8.70. The van der Waals surface area contributed by atoms with Crippen LogP contribution < -0.4 is 5.32 Å². The number of anilines is 1. The molecule has 3 rings (SSSR count). The standard InChI is InChI=1S/C18H18BrN3O/c19-15-5-2-1-4-14(15)10-13(12-23)11-22-17-7-9-20-16-6-3-8-21-18(16)17/h1-9,13,23H,10-12H2,(H,20,22). The van der Waals surface area contributed by atoms with Crippen LogP contribution in [0.25, 0.3) is 11.0 Å². The maximum Gasteiger partial charge on any atom is 0.112 e. The predicted octanol–water partition coefficient (Wildman–Crippen LogP) is 3.66. The highest BCUT2D eigenvalue weighted by atomic mass is 79.9. The van der Waals surface area contributed by atoms with E-state index in [9.17, 15) is 5.11 Å². The van der Waals surface area contributed by atoms with Crippen molar-refractivity contribution in [3.63, 3.8) is 0 Å². The number of pyridine rings is 2. The molecule has 23 heavy (non-hydrogen) atoms. The van der Waals surface area contributed by atoms with E-state index in [-0.39, 0.29) is 12.5 Å². The van der Waals surface area contributed by atoms with Crippen molar-refractivity contribution in [2.45, 2.75) is 6.42 Å². The summed E-state index contributed by atoms with van der Waals surface area (Å²) in [6.07, 6.45) is 4.34. The number of benzene rings is 1. The Hall–Kier alpha value is -1.98. The first kappa shape index (κ1) is 15.9. The smallest absolute Gasteiger partial charge is 0.112 e. The van der Waals surface area contributed by atoms with Gasteiger partial charge in [0, 0.05) is 35.9 Å². The molecule has 0 amide bonds. The third-order valence-electron chi connectivity index (χ3n) is 3.80. The SMILES string of the molecule is OCC(CNc1ccnc2cccnc12)Cc1ccccc1Br. The first-order valence-electron chi connectivity index (χ1n) is 7.56. The highest BCUT2D eigenvalue weighted by molar-refractivity contribution is 9.10. The molecule has 4 nitrogen and oxygen atoms in total. The highest BCUT2D eigenvalue weighted by Gasteiger charge is 2.11. The van der Waals surface area contributed by atoms with Gasteiger partial charge in [-0.15, -0.1) is 0 Å². The first-order valence-corrected chi connectivity index (χ1v) is 8.35. The second-order valence-electron chi connectivity index (χ2n) is 5.45. The molecule has 0 saturated carbocycles. The Labute approximate surface area is 143 Å². The van der Waals surface area contributed by atoms with E-state index < -0.39 is 0 Å². The number of hydrogen-bond donors (Lipinski definition) is 2. The Balaban J connectivity index is 1.71. The van der Waals surface area contributed by atoms with Gasteiger partial charge in [0.05, 0.1) is 11.2 Å². The number of aliphatic hydroxyl groups is 1. The Kier molecular flexibility index (Phi) is 5.20. The minimum atomic E-state index is 0.126. The summed E-state index contributed by atoms with van der Waals surface area (Å²) in [6, 6.07) is 13.9. The molecule has 1 unspecified atom stereocenters. The number of fused-ring (bicyclic) bond motifs is 1. The van der Waals surface area contributed by atoms with Gasteiger partial charge in [-0.2, -0.15) is 0 Å². The molecule has 1 aromatic carbocycles. The molecule has 0 aliphatic rings. The quantitative estimate of drug-likeness (QED) is 0.694. The van der Waals surface area contributed by atoms with Crippen LogP contribution in [0, 0.1) is 5.92 Å². The Morgan fingerprint density at radius 1 is 1.04 bits per heavy atom. The van der Waals surface area contributed by atoms with E-state index >= 15 is 0 Å². The van der Waals surface area contributed by atoms with Crippen LogP contribution in [0.4, 0.5) is 5.69 Å². The van der Waals surface area contributed by atoms with E-state index in [0.29, 0.717) is 6.54 Å². The molecule has 2 aromatic heterocycles. The van der Waals surface area contributed by atoms with Crippen molar-refractivity contribution < 1.29 is 5.11 Å². The van der Waals surface area contributed by atoms with Gasteiger partial charge in [0.2, 0.25) is 0 Å². The minimum absolute atomic E-state index is 0.126. The number of rotatable bonds is 6. The zero-order valence-corrected chi connectivity index (χ0v) is 14.2. The molecule has 2 heterocycles. The van der Waals surface area contributed by atoms with Gasteiger partial charge in [-0.1, -0.05) is 34.1 Å². The number of hydrogen-bond acceptors (Lipinski definition) is 4. The van der Waals surface area contributed by atoms with Gasteiger partial charge in [0.15, 0.2) is 0 Å². The van der Waals surface area contributed by atoms with Crippen LogP contribution in [-0.2, 0) is 6.42 Å². The van der Waals surface area contributed by atoms with E-state index in [1.165, 1.54) is 5.56 Å². The maximum atomic E-state index is 9.69. The van der Waals surface area contributed by atoms with Crippen molar-refractivity contribution in [3.8, 4) is 0 Å². The molecule has 2 N–H and O–H groups in total. The van der Waals surface area contributed by atoms with Crippen LogP contribution in [0.5, 0.6) is 0 Å². The molecular weight excluding hydrogens is 354 g/mol. The number of halogens is 1. The average molecular weight is 372 g/mol. The average Bonchev–Trinajstić information content (AvgIpc) is 2.60. The summed E-state index contributed by atoms with van der Waals surface area (Å²) in [5.74, 6) is 0.126. The second-order valence-corrected chi connectivity index (χ2v) is 6.31. The molecule has 3 aromatic rings. The van der Waals surface area contributed by atoms with Crippen LogP contribution in [0.15, 0.2) is 59.3 Å². The lowest BCUT2D eigenvalue weighted by molar-refractivity contribution is 0.232. The van der Waals surface area contributed by atoms with Gasteiger partial charge in [-0.3, -0.25) is 9.97 Å². The second kappa shape index (κ2) is 7.53. The number of aromatic nitrogens is 2. The summed E-state index contributed by atoms with van der Waals surface area (Å²) in [5.41, 5.74) is 3.86. The van der Waals surface area contributed by atoms with Gasteiger partial charge >= 0.3 is 0 Å². The van der Waals surface area contributed by atoms with Crippen LogP contribution in [-0.4, -0.2) is 28.2 Å². The van der Waals surface area contributed by atoms with Crippen LogP contribution >= 0.6 is 15.9 Å². The third kappa shape index (κ3) is 3.86. The Morgan fingerprint density at radius 2 is 1.91 bits per heavy atom. The molecule has 0 spiro atoms. The molecule has 1 atom stereocenters. The van der Waals surface area contributed by atoms with Gasteiger partial charge in [0.25, 0.3) is 0 Å². The fraction of sp³-hybridized carbons (Fsp3) is 0.222. The van der Waals surface area contributed by atoms with Crippen LogP contribution in [0.2, 0.25) is 0 Å². The van der Waals surface area contributed by atoms with E-state index in [2.05, 4.69) is 37.3 Å². The third-order valence-corrected chi connectivity index (χ3v) is 4.58. The van der Waals surface area contributed by atoms with Crippen LogP contribution in [0.3, 0.4) is 0 Å². The molecule has 5 heteroatoms. The normalized spacial score (nSPS) is 12.3. The van der Waals surface area contributed by atoms with E-state index in [1.807, 2.05) is 36.4 Å². The van der Waals surface area contributed by atoms with Crippen molar-refractivity contribution in [3.05, 3.63) is 64.9 Å². The fourth-order valence-corrected chi connectivity index (χ4v) is 3.00. The topological polar surface area (TPSA) is 58.0 Å².